The lowest BCUT2D eigenvalue weighted by Gasteiger charge is -2.61. The molecular weight excluding hydrogens is 821 g/mol. The predicted octanol–water partition coefficient (Wildman–Crippen LogP) is 6.33. The molecule has 0 unspecified atom stereocenters. The molecule has 1 aromatic heterocycles. The maximum Gasteiger partial charge on any atom is 0.174 e. The van der Waals surface area contributed by atoms with E-state index in [2.05, 4.69) is 46.8 Å². The van der Waals surface area contributed by atoms with Gasteiger partial charge in [-0.05, 0) is 137 Å². The van der Waals surface area contributed by atoms with Crippen LogP contribution in [0.1, 0.15) is 142 Å². The van der Waals surface area contributed by atoms with Gasteiger partial charge >= 0.3 is 0 Å². The van der Waals surface area contributed by atoms with Gasteiger partial charge in [0.2, 0.25) is 0 Å². The Kier molecular flexibility index (Phi) is 8.73. The molecule has 13 rings (SSSR count). The Balaban J connectivity index is 0.760. The third-order valence-corrected chi connectivity index (χ3v) is 23.2. The first-order valence-electron chi connectivity index (χ1n) is 26.0. The van der Waals surface area contributed by atoms with Crippen molar-refractivity contribution >= 4 is 0 Å². The van der Waals surface area contributed by atoms with Gasteiger partial charge in [0.05, 0.1) is 65.5 Å². The number of aliphatic hydroxyl groups is 5. The van der Waals surface area contributed by atoms with Crippen molar-refractivity contribution in [3.8, 4) is 0 Å². The summed E-state index contributed by atoms with van der Waals surface area (Å²) in [4.78, 5) is 11.2. The highest BCUT2D eigenvalue weighted by Gasteiger charge is 2.77. The molecule has 11 heteroatoms. The average Bonchev–Trinajstić information content (AvgIpc) is 3.86. The molecule has 65 heavy (non-hydrogen) atoms. The summed E-state index contributed by atoms with van der Waals surface area (Å²) in [6, 6.07) is 0. The molecular formula is C54H76N2O9. The van der Waals surface area contributed by atoms with E-state index in [0.717, 1.165) is 63.5 Å². The maximum atomic E-state index is 12.9. The minimum atomic E-state index is -1.31. The molecule has 8 aliphatic carbocycles. The van der Waals surface area contributed by atoms with Crippen LogP contribution in [0, 0.1) is 74.9 Å². The summed E-state index contributed by atoms with van der Waals surface area (Å²) >= 11 is 0. The third kappa shape index (κ3) is 5.25. The number of aromatic nitrogens is 2. The van der Waals surface area contributed by atoms with Crippen LogP contribution in [-0.4, -0.2) is 102 Å². The number of aliphatic hydroxyl groups excluding tert-OH is 2. The fourth-order valence-corrected chi connectivity index (χ4v) is 19.0. The van der Waals surface area contributed by atoms with E-state index >= 15 is 0 Å². The lowest BCUT2D eigenvalue weighted by molar-refractivity contribution is -0.289. The Morgan fingerprint density at radius 1 is 0.615 bits per heavy atom. The maximum absolute atomic E-state index is 12.9. The van der Waals surface area contributed by atoms with Crippen LogP contribution in [0.15, 0.2) is 23.3 Å². The number of ether oxygens (including phenoxy) is 4. The van der Waals surface area contributed by atoms with Crippen LogP contribution in [0.2, 0.25) is 0 Å². The van der Waals surface area contributed by atoms with Crippen molar-refractivity contribution in [2.75, 3.05) is 13.2 Å². The molecule has 4 saturated heterocycles. The van der Waals surface area contributed by atoms with Gasteiger partial charge in [-0.1, -0.05) is 64.8 Å². The van der Waals surface area contributed by atoms with Crippen LogP contribution >= 0.6 is 0 Å². The van der Waals surface area contributed by atoms with Crippen LogP contribution in [0.4, 0.5) is 0 Å². The Morgan fingerprint density at radius 3 is 1.71 bits per heavy atom. The first-order valence-corrected chi connectivity index (χ1v) is 26.0. The van der Waals surface area contributed by atoms with Gasteiger partial charge in [-0.15, -0.1) is 0 Å². The van der Waals surface area contributed by atoms with Gasteiger partial charge in [-0.25, -0.2) is 0 Å². The summed E-state index contributed by atoms with van der Waals surface area (Å²) in [6.07, 6.45) is 14.6. The van der Waals surface area contributed by atoms with Crippen molar-refractivity contribution in [1.82, 2.24) is 9.97 Å². The molecule has 5 heterocycles. The molecule has 11 nitrogen and oxygen atoms in total. The summed E-state index contributed by atoms with van der Waals surface area (Å²) in [6.45, 7) is 17.8. The number of hydrogen-bond acceptors (Lipinski definition) is 11. The van der Waals surface area contributed by atoms with Gasteiger partial charge in [0.15, 0.2) is 11.6 Å². The second kappa shape index (κ2) is 13.1. The number of nitrogens with zero attached hydrogens (tertiary/aromatic N) is 2. The van der Waals surface area contributed by atoms with Crippen LogP contribution in [-0.2, 0) is 44.6 Å². The highest BCUT2D eigenvalue weighted by molar-refractivity contribution is 5.43. The zero-order chi connectivity index (χ0) is 45.4. The van der Waals surface area contributed by atoms with E-state index < -0.39 is 52.1 Å². The molecule has 0 aromatic carbocycles. The van der Waals surface area contributed by atoms with Crippen molar-refractivity contribution in [1.29, 1.82) is 0 Å². The summed E-state index contributed by atoms with van der Waals surface area (Å²) in [5.41, 5.74) is 3.00. The molecule has 1 aromatic rings. The normalized spacial score (nSPS) is 59.1. The first-order chi connectivity index (χ1) is 30.5. The van der Waals surface area contributed by atoms with E-state index in [1.807, 2.05) is 13.8 Å². The highest BCUT2D eigenvalue weighted by Crippen LogP contribution is 2.72. The molecule has 2 spiro atoms. The van der Waals surface area contributed by atoms with Crippen molar-refractivity contribution in [3.63, 3.8) is 0 Å². The second-order valence-corrected chi connectivity index (χ2v) is 26.2. The van der Waals surface area contributed by atoms with Gasteiger partial charge in [-0.3, -0.25) is 9.97 Å². The van der Waals surface area contributed by atoms with Crippen LogP contribution in [0.5, 0.6) is 0 Å². The van der Waals surface area contributed by atoms with Crippen molar-refractivity contribution in [3.05, 3.63) is 46.1 Å². The van der Waals surface area contributed by atoms with E-state index in [-0.39, 0.29) is 65.2 Å². The lowest BCUT2D eigenvalue weighted by atomic mass is 9.44. The van der Waals surface area contributed by atoms with E-state index in [1.54, 1.807) is 6.92 Å². The van der Waals surface area contributed by atoms with Gasteiger partial charge in [0, 0.05) is 41.4 Å². The fourth-order valence-electron chi connectivity index (χ4n) is 19.0. The van der Waals surface area contributed by atoms with E-state index in [0.29, 0.717) is 55.8 Å². The Hall–Kier alpha value is -1.80. The van der Waals surface area contributed by atoms with E-state index in [9.17, 15) is 25.5 Å². The highest BCUT2D eigenvalue weighted by atomic mass is 16.7. The van der Waals surface area contributed by atoms with E-state index in [4.69, 9.17) is 28.9 Å². The summed E-state index contributed by atoms with van der Waals surface area (Å²) in [5, 5.41) is 59.2. The van der Waals surface area contributed by atoms with Crippen molar-refractivity contribution < 1.29 is 44.5 Å². The van der Waals surface area contributed by atoms with E-state index in [1.165, 1.54) is 28.2 Å². The van der Waals surface area contributed by atoms with Crippen molar-refractivity contribution in [2.45, 2.75) is 198 Å². The van der Waals surface area contributed by atoms with Gasteiger partial charge in [0.25, 0.3) is 0 Å². The van der Waals surface area contributed by atoms with Crippen LogP contribution in [0.3, 0.4) is 0 Å². The first kappa shape index (κ1) is 43.2. The Morgan fingerprint density at radius 2 is 1.15 bits per heavy atom. The number of hydrogen-bond donors (Lipinski definition) is 5. The quantitative estimate of drug-likeness (QED) is 0.185. The molecule has 0 amide bonds. The zero-order valence-corrected chi connectivity index (χ0v) is 40.2. The number of fused-ring (bicyclic) bond motifs is 16. The molecule has 12 aliphatic rings. The van der Waals surface area contributed by atoms with Gasteiger partial charge < -0.3 is 44.5 Å². The summed E-state index contributed by atoms with van der Waals surface area (Å²) < 4.78 is 26.4. The standard InChI is InChI=1S/C54H76N2O9/c1-27-45-41(64-52(27)15-13-46(3,59)25-62-52)19-35-31-11-9-29-17-37-39(23-48(29,5)33(31)20-42(57)50(35,45)7)55-38-18-30-10-12-32-34(49(30,6)24-40(38)56-37)21-43(58)51(8)36(32)22-44-54(51,61)28(2)53(65-44)16-14-47(4,60)26-63-53/h19,22,27-34,41-45,57-61H,9-18,20-21,23-26H2,1-8H3/t27-,28+,29-,30-,31+,32+,33-,34-,41-,42-,43+,44-,45-,46-,47-,48-,49-,50+,51+,52+,53+,54+/m0/s1. The molecule has 5 N–H and O–H groups in total. The van der Waals surface area contributed by atoms with Gasteiger partial charge in [-0.2, -0.15) is 0 Å². The van der Waals surface area contributed by atoms with Crippen LogP contribution in [0.25, 0.3) is 0 Å². The topological polar surface area (TPSA) is 164 Å². The SMILES string of the molecule is C[C@@H]1[C@@]2(CC[C@](C)(O)CO2)O[C@H]2C=C3[C@@H]4CC[C@H]5Cc6nc7c(nc6C[C@]5(C)[C@H]4C[C@@H](O)[C@]3(C)[C@]21O)C[C@@H]1CC[C@H]2C3=C[C@@H]4O[C@]5(CC[C@](C)(O)CO5)[C@@H](C)[C@@H]4[C@@]3(C)[C@@H](O)C[C@@H]2[C@@]1(C)C7. The molecule has 8 fully saturated rings. The minimum Gasteiger partial charge on any atom is -0.392 e. The van der Waals surface area contributed by atoms with Gasteiger partial charge in [0.1, 0.15) is 11.7 Å². The largest absolute Gasteiger partial charge is 0.392 e. The summed E-state index contributed by atoms with van der Waals surface area (Å²) in [7, 11) is 0. The molecule has 0 radical (unpaired) electrons. The van der Waals surface area contributed by atoms with Crippen molar-refractivity contribution in [2.24, 2.45) is 74.9 Å². The molecule has 22 atom stereocenters. The monoisotopic (exact) mass is 897 g/mol. The number of rotatable bonds is 0. The minimum absolute atomic E-state index is 0.0122. The molecule has 356 valence electrons. The summed E-state index contributed by atoms with van der Waals surface area (Å²) in [5.74, 6) is 0.408. The smallest absolute Gasteiger partial charge is 0.174 e. The molecule has 0 bridgehead atoms. The second-order valence-electron chi connectivity index (χ2n) is 26.2. The Labute approximate surface area is 385 Å². The fraction of sp³-hybridized carbons (Fsp3) is 0.852. The molecule has 4 saturated carbocycles. The zero-order valence-electron chi connectivity index (χ0n) is 40.2. The molecule has 4 aliphatic heterocycles. The Bertz CT molecular complexity index is 2270. The lowest BCUT2D eigenvalue weighted by Crippen LogP contribution is -2.64. The average molecular weight is 897 g/mol. The predicted molar refractivity (Wildman–Crippen MR) is 240 cm³/mol. The third-order valence-electron chi connectivity index (χ3n) is 23.2. The van der Waals surface area contributed by atoms with Crippen LogP contribution < -0.4 is 0 Å².